The van der Waals surface area contributed by atoms with Crippen LogP contribution < -0.4 is 20.2 Å². The van der Waals surface area contributed by atoms with Gasteiger partial charge in [-0.3, -0.25) is 9.59 Å². The summed E-state index contributed by atoms with van der Waals surface area (Å²) in [5.74, 6) is 1.64. The van der Waals surface area contributed by atoms with Crippen molar-refractivity contribution in [2.75, 3.05) is 6.79 Å². The lowest BCUT2D eigenvalue weighted by molar-refractivity contribution is -0.117. The van der Waals surface area contributed by atoms with E-state index in [1.54, 1.807) is 60.7 Å². The number of amides is 2. The van der Waals surface area contributed by atoms with Crippen LogP contribution in [0.1, 0.15) is 27.4 Å². The van der Waals surface area contributed by atoms with Gasteiger partial charge in [-0.1, -0.05) is 24.3 Å². The van der Waals surface area contributed by atoms with E-state index in [2.05, 4.69) is 15.8 Å². The summed E-state index contributed by atoms with van der Waals surface area (Å²) in [5, 5.41) is 6.55. The van der Waals surface area contributed by atoms with E-state index < -0.39 is 11.8 Å². The molecule has 8 nitrogen and oxygen atoms in total. The lowest BCUT2D eigenvalue weighted by Crippen LogP contribution is -2.32. The van der Waals surface area contributed by atoms with Crippen molar-refractivity contribution in [3.05, 3.63) is 95.1 Å². The second kappa shape index (κ2) is 10.1. The molecular formula is C25H21N3O5. The molecule has 166 valence electrons. The Balaban J connectivity index is 1.50. The first kappa shape index (κ1) is 21.6. The van der Waals surface area contributed by atoms with E-state index in [0.717, 1.165) is 5.76 Å². The smallest absolute Gasteiger partial charge is 0.287 e. The van der Waals surface area contributed by atoms with E-state index in [1.807, 2.05) is 19.1 Å². The van der Waals surface area contributed by atoms with Crippen LogP contribution in [0.2, 0.25) is 0 Å². The zero-order valence-electron chi connectivity index (χ0n) is 17.8. The Kier molecular flexibility index (Phi) is 6.65. The van der Waals surface area contributed by atoms with Gasteiger partial charge in [-0.05, 0) is 67.1 Å². The molecule has 1 aliphatic rings. The molecule has 2 N–H and O–H groups in total. The van der Waals surface area contributed by atoms with Gasteiger partial charge in [0.25, 0.3) is 11.8 Å². The number of aryl methyl sites for hydroxylation is 1. The van der Waals surface area contributed by atoms with Gasteiger partial charge in [0.15, 0.2) is 11.5 Å². The fourth-order valence-electron chi connectivity index (χ4n) is 2.99. The summed E-state index contributed by atoms with van der Waals surface area (Å²) in [5.41, 5.74) is 3.50. The van der Waals surface area contributed by atoms with E-state index in [9.17, 15) is 9.59 Å². The van der Waals surface area contributed by atoms with Gasteiger partial charge in [0.05, 0.1) is 0 Å². The maximum absolute atomic E-state index is 12.8. The molecule has 0 atom stereocenters. The fourth-order valence-corrected chi connectivity index (χ4v) is 2.99. The Morgan fingerprint density at radius 1 is 1.00 bits per heavy atom. The van der Waals surface area contributed by atoms with Crippen LogP contribution in [0.15, 0.2) is 82.0 Å². The van der Waals surface area contributed by atoms with E-state index >= 15 is 0 Å². The maximum Gasteiger partial charge on any atom is 0.287 e. The molecule has 3 aromatic rings. The van der Waals surface area contributed by atoms with Gasteiger partial charge < -0.3 is 19.2 Å². The van der Waals surface area contributed by atoms with Gasteiger partial charge in [-0.15, -0.1) is 0 Å². The van der Waals surface area contributed by atoms with Crippen molar-refractivity contribution in [3.8, 4) is 11.5 Å². The Morgan fingerprint density at radius 3 is 2.61 bits per heavy atom. The Bertz CT molecular complexity index is 1240. The van der Waals surface area contributed by atoms with Gasteiger partial charge >= 0.3 is 0 Å². The minimum absolute atomic E-state index is 0.0190. The number of benzene rings is 2. The highest BCUT2D eigenvalue weighted by Gasteiger charge is 2.16. The van der Waals surface area contributed by atoms with Gasteiger partial charge in [-0.25, -0.2) is 5.43 Å². The van der Waals surface area contributed by atoms with Crippen molar-refractivity contribution in [1.29, 1.82) is 0 Å². The molecule has 0 unspecified atom stereocenters. The molecule has 33 heavy (non-hydrogen) atoms. The van der Waals surface area contributed by atoms with Crippen LogP contribution in [-0.2, 0) is 4.79 Å². The molecule has 2 heterocycles. The van der Waals surface area contributed by atoms with E-state index in [-0.39, 0.29) is 12.5 Å². The summed E-state index contributed by atoms with van der Waals surface area (Å²) in [6.45, 7) is 1.99. The predicted molar refractivity (Wildman–Crippen MR) is 124 cm³/mol. The average molecular weight is 443 g/mol. The monoisotopic (exact) mass is 443 g/mol. The molecule has 4 rings (SSSR count). The third-order valence-corrected chi connectivity index (χ3v) is 4.58. The van der Waals surface area contributed by atoms with Gasteiger partial charge in [-0.2, -0.15) is 5.10 Å². The number of nitrogens with one attached hydrogen (secondary N) is 2. The first-order valence-electron chi connectivity index (χ1n) is 10.1. The summed E-state index contributed by atoms with van der Waals surface area (Å²) < 4.78 is 16.1. The summed E-state index contributed by atoms with van der Waals surface area (Å²) in [6.07, 6.45) is 6.29. The standard InChI is InChI=1S/C25H21N3O5/c1-17-9-11-20(33-17)8-5-13-26-28-25(30)21(27-24(29)19-6-3-2-4-7-19)14-18-10-12-22-23(15-18)32-16-31-22/h2-15H,16H2,1H3,(H,27,29)(H,28,30)/b8-5-,21-14-,26-13?. The molecule has 1 aromatic heterocycles. The lowest BCUT2D eigenvalue weighted by Gasteiger charge is -2.09. The van der Waals surface area contributed by atoms with Gasteiger partial charge in [0, 0.05) is 11.8 Å². The second-order valence-electron chi connectivity index (χ2n) is 7.02. The van der Waals surface area contributed by atoms with Crippen LogP contribution >= 0.6 is 0 Å². The number of hydrogen-bond acceptors (Lipinski definition) is 6. The average Bonchev–Trinajstić information content (AvgIpc) is 3.47. The highest BCUT2D eigenvalue weighted by molar-refractivity contribution is 6.05. The van der Waals surface area contributed by atoms with Crippen molar-refractivity contribution in [2.24, 2.45) is 5.10 Å². The minimum atomic E-state index is -0.588. The van der Waals surface area contributed by atoms with Crippen molar-refractivity contribution >= 4 is 30.2 Å². The number of nitrogens with zero attached hydrogens (tertiary/aromatic N) is 1. The van der Waals surface area contributed by atoms with Crippen LogP contribution in [0.4, 0.5) is 0 Å². The molecule has 0 radical (unpaired) electrons. The second-order valence-corrected chi connectivity index (χ2v) is 7.02. The molecule has 0 saturated heterocycles. The highest BCUT2D eigenvalue weighted by Crippen LogP contribution is 2.33. The van der Waals surface area contributed by atoms with Gasteiger partial charge in [0.2, 0.25) is 6.79 Å². The van der Waals surface area contributed by atoms with E-state index in [4.69, 9.17) is 13.9 Å². The summed E-state index contributed by atoms with van der Waals surface area (Å²) >= 11 is 0. The molecule has 8 heteroatoms. The number of furan rings is 1. The number of ether oxygens (including phenoxy) is 2. The number of allylic oxidation sites excluding steroid dienone is 1. The highest BCUT2D eigenvalue weighted by atomic mass is 16.7. The van der Waals surface area contributed by atoms with Crippen molar-refractivity contribution < 1.29 is 23.5 Å². The van der Waals surface area contributed by atoms with Crippen LogP contribution in [0, 0.1) is 6.92 Å². The molecule has 0 saturated carbocycles. The van der Waals surface area contributed by atoms with Gasteiger partial charge in [0.1, 0.15) is 17.2 Å². The number of carbonyl (C=O) groups is 2. The number of hydrazone groups is 1. The quantitative estimate of drug-likeness (QED) is 0.328. The molecule has 1 aliphatic heterocycles. The first-order chi connectivity index (χ1) is 16.1. The number of carbonyl (C=O) groups excluding carboxylic acids is 2. The summed E-state index contributed by atoms with van der Waals surface area (Å²) in [7, 11) is 0. The Morgan fingerprint density at radius 2 is 1.82 bits per heavy atom. The Hall–Kier alpha value is -4.59. The summed E-state index contributed by atoms with van der Waals surface area (Å²) in [6, 6.07) is 17.5. The van der Waals surface area contributed by atoms with Crippen LogP contribution in [-0.4, -0.2) is 24.8 Å². The number of rotatable bonds is 7. The van der Waals surface area contributed by atoms with E-state index in [0.29, 0.717) is 28.4 Å². The van der Waals surface area contributed by atoms with Crippen LogP contribution in [0.5, 0.6) is 11.5 Å². The van der Waals surface area contributed by atoms with Crippen LogP contribution in [0.25, 0.3) is 12.2 Å². The third-order valence-electron chi connectivity index (χ3n) is 4.58. The van der Waals surface area contributed by atoms with Crippen molar-refractivity contribution in [1.82, 2.24) is 10.7 Å². The number of fused-ring (bicyclic) bond motifs is 1. The third kappa shape index (κ3) is 5.76. The normalized spacial score (nSPS) is 12.9. The van der Waals surface area contributed by atoms with Crippen LogP contribution in [0.3, 0.4) is 0 Å². The topological polar surface area (TPSA) is 102 Å². The molecule has 2 aromatic carbocycles. The summed E-state index contributed by atoms with van der Waals surface area (Å²) in [4.78, 5) is 25.4. The molecule has 2 amide bonds. The maximum atomic E-state index is 12.8. The first-order valence-corrected chi connectivity index (χ1v) is 10.1. The zero-order chi connectivity index (χ0) is 23.0. The molecular weight excluding hydrogens is 422 g/mol. The molecule has 0 bridgehead atoms. The molecule has 0 fully saturated rings. The van der Waals surface area contributed by atoms with Crippen molar-refractivity contribution in [3.63, 3.8) is 0 Å². The molecule has 0 aliphatic carbocycles. The Labute approximate surface area is 190 Å². The van der Waals surface area contributed by atoms with Crippen molar-refractivity contribution in [2.45, 2.75) is 6.92 Å². The molecule has 0 spiro atoms. The minimum Gasteiger partial charge on any atom is -0.462 e. The SMILES string of the molecule is Cc1ccc(/C=C\C=NNC(=O)/C(=C/c2ccc3c(c2)OCO3)NC(=O)c2ccccc2)o1. The van der Waals surface area contributed by atoms with E-state index in [1.165, 1.54) is 12.3 Å². The fraction of sp³-hybridized carbons (Fsp3) is 0.0800. The zero-order valence-corrected chi connectivity index (χ0v) is 17.8. The lowest BCUT2D eigenvalue weighted by atomic mass is 10.1. The number of hydrogen-bond donors (Lipinski definition) is 2. The largest absolute Gasteiger partial charge is 0.462 e. The predicted octanol–water partition coefficient (Wildman–Crippen LogP) is 3.90.